The fraction of sp³-hybridized carbons (Fsp3) is 0.769. The first kappa shape index (κ1) is 12.9. The summed E-state index contributed by atoms with van der Waals surface area (Å²) in [5.41, 5.74) is -0.907. The van der Waals surface area contributed by atoms with Crippen molar-refractivity contribution in [1.82, 2.24) is 10.6 Å². The number of nitrogens with one attached hydrogen (secondary N) is 2. The minimum atomic E-state index is -0.907. The van der Waals surface area contributed by atoms with Gasteiger partial charge in [0.15, 0.2) is 0 Å². The molecule has 98 valence electrons. The summed E-state index contributed by atoms with van der Waals surface area (Å²) in [7, 11) is 0. The summed E-state index contributed by atoms with van der Waals surface area (Å²) in [6.07, 6.45) is 5.68. The molecule has 0 spiro atoms. The van der Waals surface area contributed by atoms with E-state index in [9.17, 15) is 14.9 Å². The highest BCUT2D eigenvalue weighted by Crippen LogP contribution is 2.36. The molecule has 2 N–H and O–H groups in total. The van der Waals surface area contributed by atoms with Crippen molar-refractivity contribution >= 4 is 11.8 Å². The molecule has 2 rings (SSSR count). The third-order valence-electron chi connectivity index (χ3n) is 3.95. The number of amides is 2. The normalized spacial score (nSPS) is 26.8. The van der Waals surface area contributed by atoms with Crippen LogP contribution in [-0.4, -0.2) is 24.4 Å². The molecule has 5 heteroatoms. The van der Waals surface area contributed by atoms with Gasteiger partial charge < -0.3 is 10.6 Å². The molecule has 2 amide bonds. The maximum atomic E-state index is 12.3. The number of rotatable bonds is 2. The first-order valence-electron chi connectivity index (χ1n) is 6.68. The van der Waals surface area contributed by atoms with Gasteiger partial charge in [0.1, 0.15) is 11.5 Å². The van der Waals surface area contributed by atoms with E-state index < -0.39 is 11.5 Å². The minimum Gasteiger partial charge on any atom is -0.354 e. The molecule has 1 saturated carbocycles. The zero-order valence-electron chi connectivity index (χ0n) is 10.5. The fourth-order valence-electron chi connectivity index (χ4n) is 2.75. The number of carbonyl (C=O) groups is 2. The predicted molar refractivity (Wildman–Crippen MR) is 65.3 cm³/mol. The molecule has 1 aliphatic carbocycles. The van der Waals surface area contributed by atoms with E-state index in [1.807, 2.05) is 0 Å². The molecule has 1 atom stereocenters. The number of hydrogen-bond donors (Lipinski definition) is 2. The molecular weight excluding hydrogens is 230 g/mol. The average Bonchev–Trinajstić information content (AvgIpc) is 2.42. The van der Waals surface area contributed by atoms with Crippen molar-refractivity contribution in [2.75, 3.05) is 6.54 Å². The standard InChI is InChI=1S/C13H19N3O2/c14-9-13(6-2-1-3-7-13)12(18)16-10-5-4-8-15-11(10)17/h10H,1-8H2,(H,15,17)(H,16,18). The summed E-state index contributed by atoms with van der Waals surface area (Å²) in [6.45, 7) is 0.675. The van der Waals surface area contributed by atoms with E-state index in [0.717, 1.165) is 25.7 Å². The van der Waals surface area contributed by atoms with E-state index in [2.05, 4.69) is 16.7 Å². The van der Waals surface area contributed by atoms with Crippen LogP contribution in [-0.2, 0) is 9.59 Å². The lowest BCUT2D eigenvalue weighted by molar-refractivity contribution is -0.135. The highest BCUT2D eigenvalue weighted by atomic mass is 16.2. The maximum absolute atomic E-state index is 12.3. The molecule has 1 saturated heterocycles. The number of nitriles is 1. The molecule has 0 aromatic rings. The second-order valence-electron chi connectivity index (χ2n) is 5.21. The van der Waals surface area contributed by atoms with Crippen LogP contribution in [0.15, 0.2) is 0 Å². The van der Waals surface area contributed by atoms with Crippen molar-refractivity contribution in [3.63, 3.8) is 0 Å². The topological polar surface area (TPSA) is 82.0 Å². The lowest BCUT2D eigenvalue weighted by Crippen LogP contribution is -2.54. The van der Waals surface area contributed by atoms with Crippen molar-refractivity contribution < 1.29 is 9.59 Å². The summed E-state index contributed by atoms with van der Waals surface area (Å²) in [5.74, 6) is -0.384. The highest BCUT2D eigenvalue weighted by molar-refractivity contribution is 5.91. The molecule has 1 aliphatic heterocycles. The van der Waals surface area contributed by atoms with E-state index in [-0.39, 0.29) is 11.8 Å². The van der Waals surface area contributed by atoms with Crippen LogP contribution in [0.4, 0.5) is 0 Å². The molecule has 2 fully saturated rings. The van der Waals surface area contributed by atoms with Gasteiger partial charge >= 0.3 is 0 Å². The van der Waals surface area contributed by atoms with Gasteiger partial charge in [0, 0.05) is 6.54 Å². The third-order valence-corrected chi connectivity index (χ3v) is 3.95. The second-order valence-corrected chi connectivity index (χ2v) is 5.21. The average molecular weight is 249 g/mol. The number of piperidine rings is 1. The summed E-state index contributed by atoms with van der Waals surface area (Å²) in [6, 6.07) is 1.72. The molecule has 0 radical (unpaired) electrons. The van der Waals surface area contributed by atoms with E-state index in [4.69, 9.17) is 0 Å². The summed E-state index contributed by atoms with van der Waals surface area (Å²) < 4.78 is 0. The van der Waals surface area contributed by atoms with Crippen molar-refractivity contribution in [3.05, 3.63) is 0 Å². The van der Waals surface area contributed by atoms with Crippen molar-refractivity contribution in [3.8, 4) is 6.07 Å². The summed E-state index contributed by atoms with van der Waals surface area (Å²) >= 11 is 0. The van der Waals surface area contributed by atoms with Crippen LogP contribution < -0.4 is 10.6 Å². The Hall–Kier alpha value is -1.57. The van der Waals surface area contributed by atoms with Gasteiger partial charge in [0.05, 0.1) is 6.07 Å². The van der Waals surface area contributed by atoms with Gasteiger partial charge in [0.25, 0.3) is 0 Å². The van der Waals surface area contributed by atoms with Gasteiger partial charge in [-0.2, -0.15) is 5.26 Å². The number of nitrogens with zero attached hydrogens (tertiary/aromatic N) is 1. The SMILES string of the molecule is N#CC1(C(=O)NC2CCCNC2=O)CCCCC1. The minimum absolute atomic E-state index is 0.126. The zero-order chi connectivity index (χ0) is 13.0. The Kier molecular flexibility index (Phi) is 3.85. The highest BCUT2D eigenvalue weighted by Gasteiger charge is 2.41. The van der Waals surface area contributed by atoms with Crippen LogP contribution in [0.5, 0.6) is 0 Å². The largest absolute Gasteiger partial charge is 0.354 e. The van der Waals surface area contributed by atoms with Crippen LogP contribution in [0, 0.1) is 16.7 Å². The van der Waals surface area contributed by atoms with Gasteiger partial charge in [-0.25, -0.2) is 0 Å². The Labute approximate surface area is 107 Å². The first-order valence-corrected chi connectivity index (χ1v) is 6.68. The molecule has 1 heterocycles. The maximum Gasteiger partial charge on any atom is 0.242 e. The molecule has 0 aromatic heterocycles. The Morgan fingerprint density at radius 1 is 1.33 bits per heavy atom. The molecular formula is C13H19N3O2. The molecule has 5 nitrogen and oxygen atoms in total. The summed E-state index contributed by atoms with van der Waals surface area (Å²) in [5, 5.41) is 14.8. The van der Waals surface area contributed by atoms with Crippen molar-refractivity contribution in [2.45, 2.75) is 51.0 Å². The van der Waals surface area contributed by atoms with Gasteiger partial charge in [-0.05, 0) is 25.7 Å². The van der Waals surface area contributed by atoms with E-state index in [1.165, 1.54) is 0 Å². The predicted octanol–water partition coefficient (Wildman–Crippen LogP) is 0.855. The molecule has 0 bridgehead atoms. The van der Waals surface area contributed by atoms with Crippen LogP contribution in [0.3, 0.4) is 0 Å². The van der Waals surface area contributed by atoms with Crippen molar-refractivity contribution in [2.24, 2.45) is 5.41 Å². The van der Waals surface area contributed by atoms with Gasteiger partial charge in [-0.1, -0.05) is 19.3 Å². The molecule has 18 heavy (non-hydrogen) atoms. The van der Waals surface area contributed by atoms with E-state index in [0.29, 0.717) is 25.8 Å². The fourth-order valence-corrected chi connectivity index (χ4v) is 2.75. The van der Waals surface area contributed by atoms with Crippen LogP contribution in [0.2, 0.25) is 0 Å². The monoisotopic (exact) mass is 249 g/mol. The first-order chi connectivity index (χ1) is 8.68. The smallest absolute Gasteiger partial charge is 0.242 e. The lowest BCUT2D eigenvalue weighted by atomic mass is 9.74. The zero-order valence-corrected chi connectivity index (χ0v) is 10.5. The van der Waals surface area contributed by atoms with E-state index in [1.54, 1.807) is 0 Å². The quantitative estimate of drug-likeness (QED) is 0.761. The Morgan fingerprint density at radius 2 is 2.06 bits per heavy atom. The van der Waals surface area contributed by atoms with Crippen molar-refractivity contribution in [1.29, 1.82) is 5.26 Å². The Bertz CT molecular complexity index is 380. The van der Waals surface area contributed by atoms with Crippen LogP contribution >= 0.6 is 0 Å². The van der Waals surface area contributed by atoms with Gasteiger partial charge in [-0.15, -0.1) is 0 Å². The van der Waals surface area contributed by atoms with Crippen LogP contribution in [0.25, 0.3) is 0 Å². The van der Waals surface area contributed by atoms with Gasteiger partial charge in [0.2, 0.25) is 11.8 Å². The Balaban J connectivity index is 2.01. The molecule has 0 aromatic carbocycles. The van der Waals surface area contributed by atoms with Crippen LogP contribution in [0.1, 0.15) is 44.9 Å². The number of carbonyl (C=O) groups excluding carboxylic acids is 2. The Morgan fingerprint density at radius 3 is 2.67 bits per heavy atom. The molecule has 2 aliphatic rings. The summed E-state index contributed by atoms with van der Waals surface area (Å²) in [4.78, 5) is 23.8. The number of hydrogen-bond acceptors (Lipinski definition) is 3. The third kappa shape index (κ3) is 2.47. The molecule has 1 unspecified atom stereocenters. The lowest BCUT2D eigenvalue weighted by Gasteiger charge is -2.32. The van der Waals surface area contributed by atoms with Gasteiger partial charge in [-0.3, -0.25) is 9.59 Å². The second kappa shape index (κ2) is 5.38. The van der Waals surface area contributed by atoms with E-state index >= 15 is 0 Å².